The molecule has 0 spiro atoms. The van der Waals surface area contributed by atoms with Gasteiger partial charge in [-0.3, -0.25) is 9.36 Å². The summed E-state index contributed by atoms with van der Waals surface area (Å²) in [6.07, 6.45) is 1.78. The SMILES string of the molecule is CCOC(=O)C1=C(C)N=c2s/c(=C\c3cc(Br)c(OCc4ccc(I)cc4)c(Br)c3)c(=O)n2[C@H]1c1ccc(OCC(=O)OC)c(OCC)c1. The zero-order valence-electron chi connectivity index (χ0n) is 26.9. The quantitative estimate of drug-likeness (QED) is 0.118. The molecule has 0 saturated heterocycles. The minimum atomic E-state index is -0.873. The number of nitrogens with zero attached hydrogens (tertiary/aromatic N) is 2. The Kier molecular flexibility index (Phi) is 12.4. The van der Waals surface area contributed by atoms with Crippen LogP contribution in [0.25, 0.3) is 6.08 Å². The number of hydrogen-bond donors (Lipinski definition) is 0. The third-order valence-corrected chi connectivity index (χ3v) is 10.2. The summed E-state index contributed by atoms with van der Waals surface area (Å²) in [5.41, 5.74) is 2.67. The number of hydrogen-bond acceptors (Lipinski definition) is 10. The number of methoxy groups -OCH3 is 1. The van der Waals surface area contributed by atoms with E-state index in [0.717, 1.165) is 14.7 Å². The number of carbonyl (C=O) groups excluding carboxylic acids is 2. The van der Waals surface area contributed by atoms with Crippen molar-refractivity contribution in [1.29, 1.82) is 0 Å². The minimum absolute atomic E-state index is 0.144. The van der Waals surface area contributed by atoms with Gasteiger partial charge in [0, 0.05) is 3.57 Å². The number of allylic oxidation sites excluding steroid dienone is 1. The molecule has 2 heterocycles. The fourth-order valence-electron chi connectivity index (χ4n) is 5.07. The average Bonchev–Trinajstić information content (AvgIpc) is 3.37. The molecule has 49 heavy (non-hydrogen) atoms. The Balaban J connectivity index is 1.56. The van der Waals surface area contributed by atoms with Gasteiger partial charge < -0.3 is 23.7 Å². The fourth-order valence-corrected chi connectivity index (χ4v) is 7.93. The molecule has 5 rings (SSSR count). The molecule has 0 bridgehead atoms. The second kappa shape index (κ2) is 16.5. The maximum absolute atomic E-state index is 14.2. The third-order valence-electron chi connectivity index (χ3n) is 7.29. The van der Waals surface area contributed by atoms with E-state index in [-0.39, 0.29) is 24.3 Å². The first-order valence-electron chi connectivity index (χ1n) is 15.1. The first-order chi connectivity index (χ1) is 23.5. The van der Waals surface area contributed by atoms with Crippen molar-refractivity contribution in [1.82, 2.24) is 4.57 Å². The Labute approximate surface area is 316 Å². The molecule has 10 nitrogen and oxygen atoms in total. The van der Waals surface area contributed by atoms with Crippen LogP contribution in [0.1, 0.15) is 43.5 Å². The Morgan fingerprint density at radius 1 is 0.980 bits per heavy atom. The Bertz CT molecular complexity index is 2090. The van der Waals surface area contributed by atoms with Crippen LogP contribution < -0.4 is 29.1 Å². The number of thiazole rings is 1. The highest BCUT2D eigenvalue weighted by Crippen LogP contribution is 2.37. The van der Waals surface area contributed by atoms with Gasteiger partial charge in [-0.2, -0.15) is 0 Å². The lowest BCUT2D eigenvalue weighted by Gasteiger charge is -2.25. The summed E-state index contributed by atoms with van der Waals surface area (Å²) in [7, 11) is 1.27. The van der Waals surface area contributed by atoms with Crippen LogP contribution in [0, 0.1) is 3.57 Å². The van der Waals surface area contributed by atoms with Crippen molar-refractivity contribution in [2.75, 3.05) is 26.9 Å². The predicted molar refractivity (Wildman–Crippen MR) is 201 cm³/mol. The van der Waals surface area contributed by atoms with E-state index in [2.05, 4.69) is 64.2 Å². The first-order valence-corrected chi connectivity index (χ1v) is 18.5. The number of esters is 2. The van der Waals surface area contributed by atoms with Crippen molar-refractivity contribution in [3.63, 3.8) is 0 Å². The molecule has 1 atom stereocenters. The van der Waals surface area contributed by atoms with Crippen molar-refractivity contribution in [2.24, 2.45) is 4.99 Å². The van der Waals surface area contributed by atoms with Crippen molar-refractivity contribution >= 4 is 83.8 Å². The molecule has 0 saturated carbocycles. The molecule has 3 aromatic carbocycles. The van der Waals surface area contributed by atoms with Gasteiger partial charge in [-0.1, -0.05) is 29.5 Å². The number of carbonyl (C=O) groups is 2. The van der Waals surface area contributed by atoms with E-state index < -0.39 is 18.0 Å². The lowest BCUT2D eigenvalue weighted by atomic mass is 9.95. The monoisotopic (exact) mass is 924 g/mol. The van der Waals surface area contributed by atoms with Crippen molar-refractivity contribution in [2.45, 2.75) is 33.4 Å². The maximum atomic E-state index is 14.2. The van der Waals surface area contributed by atoms with E-state index in [4.69, 9.17) is 18.9 Å². The van der Waals surface area contributed by atoms with Crippen LogP contribution in [0.15, 0.2) is 84.6 Å². The number of fused-ring (bicyclic) bond motifs is 1. The average molecular weight is 926 g/mol. The second-order valence-corrected chi connectivity index (χ2v) is 14.5. The van der Waals surface area contributed by atoms with Crippen LogP contribution in [0.3, 0.4) is 0 Å². The molecule has 1 aliphatic rings. The smallest absolute Gasteiger partial charge is 0.343 e. The highest BCUT2D eigenvalue weighted by molar-refractivity contribution is 14.1. The Hall–Kier alpha value is -3.47. The number of benzene rings is 3. The zero-order valence-corrected chi connectivity index (χ0v) is 33.0. The van der Waals surface area contributed by atoms with Crippen LogP contribution in [0.4, 0.5) is 0 Å². The normalized spacial score (nSPS) is 14.2. The molecule has 1 aliphatic heterocycles. The molecule has 14 heteroatoms. The summed E-state index contributed by atoms with van der Waals surface area (Å²) >= 11 is 10.7. The van der Waals surface area contributed by atoms with Crippen LogP contribution in [-0.2, 0) is 25.7 Å². The molecule has 4 aromatic rings. The predicted octanol–water partition coefficient (Wildman–Crippen LogP) is 6.46. The van der Waals surface area contributed by atoms with Gasteiger partial charge in [0.2, 0.25) is 0 Å². The molecule has 0 unspecified atom stereocenters. The van der Waals surface area contributed by atoms with E-state index in [0.29, 0.717) is 60.0 Å². The van der Waals surface area contributed by atoms with Gasteiger partial charge >= 0.3 is 11.9 Å². The first kappa shape index (κ1) is 36.8. The molecule has 0 radical (unpaired) electrons. The summed E-state index contributed by atoms with van der Waals surface area (Å²) in [6, 6.07) is 16.0. The van der Waals surface area contributed by atoms with Gasteiger partial charge in [0.05, 0.1) is 51.1 Å². The summed E-state index contributed by atoms with van der Waals surface area (Å²) in [6.45, 7) is 5.77. The van der Waals surface area contributed by atoms with Gasteiger partial charge in [-0.25, -0.2) is 14.6 Å². The zero-order chi connectivity index (χ0) is 35.2. The molecule has 256 valence electrons. The molecular weight excluding hydrogens is 895 g/mol. The van der Waals surface area contributed by atoms with E-state index in [9.17, 15) is 14.4 Å². The standard InChI is InChI=1S/C35H31Br2IN2O8S/c1-5-45-27-16-22(9-12-26(27)47-18-29(41)44-4)31-30(34(43)46-6-2)19(3)39-35-40(31)33(42)28(49-35)15-21-13-24(36)32(25(37)14-21)48-17-20-7-10-23(38)11-8-20/h7-16,31H,5-6,17-18H2,1-4H3/b28-15-/t31-/m0/s1. The van der Waals surface area contributed by atoms with E-state index >= 15 is 0 Å². The summed E-state index contributed by atoms with van der Waals surface area (Å²) in [5, 5.41) is 0. The van der Waals surface area contributed by atoms with Crippen molar-refractivity contribution in [3.05, 3.63) is 115 Å². The molecular formula is C35H31Br2IN2O8S. The molecule has 0 aliphatic carbocycles. The third kappa shape index (κ3) is 8.47. The number of aromatic nitrogens is 1. The van der Waals surface area contributed by atoms with E-state index in [1.54, 1.807) is 38.1 Å². The number of rotatable bonds is 12. The molecule has 0 N–H and O–H groups in total. The lowest BCUT2D eigenvalue weighted by Crippen LogP contribution is -2.40. The van der Waals surface area contributed by atoms with E-state index in [1.165, 1.54) is 23.0 Å². The van der Waals surface area contributed by atoms with Gasteiger partial charge in [0.25, 0.3) is 5.56 Å². The largest absolute Gasteiger partial charge is 0.490 e. The van der Waals surface area contributed by atoms with Gasteiger partial charge in [0.15, 0.2) is 22.9 Å². The van der Waals surface area contributed by atoms with Crippen LogP contribution in [0.5, 0.6) is 17.2 Å². The van der Waals surface area contributed by atoms with Crippen LogP contribution in [-0.4, -0.2) is 43.4 Å². The Morgan fingerprint density at radius 3 is 2.35 bits per heavy atom. The van der Waals surface area contributed by atoms with Gasteiger partial charge in [0.1, 0.15) is 12.4 Å². The summed E-state index contributed by atoms with van der Waals surface area (Å²) in [5.74, 6) is 0.147. The summed E-state index contributed by atoms with van der Waals surface area (Å²) < 4.78 is 32.2. The lowest BCUT2D eigenvalue weighted by molar-refractivity contribution is -0.143. The molecule has 0 amide bonds. The van der Waals surface area contributed by atoms with Crippen LogP contribution >= 0.6 is 65.8 Å². The van der Waals surface area contributed by atoms with Crippen molar-refractivity contribution < 1.29 is 33.3 Å². The number of ether oxygens (including phenoxy) is 5. The van der Waals surface area contributed by atoms with Crippen LogP contribution in [0.2, 0.25) is 0 Å². The maximum Gasteiger partial charge on any atom is 0.343 e. The molecule has 0 fully saturated rings. The molecule has 1 aromatic heterocycles. The van der Waals surface area contributed by atoms with Gasteiger partial charge in [-0.15, -0.1) is 0 Å². The minimum Gasteiger partial charge on any atom is -0.490 e. The highest BCUT2D eigenvalue weighted by atomic mass is 127. The summed E-state index contributed by atoms with van der Waals surface area (Å²) in [4.78, 5) is 44.4. The van der Waals surface area contributed by atoms with Crippen molar-refractivity contribution in [3.8, 4) is 17.2 Å². The Morgan fingerprint density at radius 2 is 1.69 bits per heavy atom. The second-order valence-electron chi connectivity index (χ2n) is 10.5. The topological polar surface area (TPSA) is 115 Å². The van der Waals surface area contributed by atoms with Gasteiger partial charge in [-0.05, 0) is 134 Å². The fraction of sp³-hybridized carbons (Fsp3) is 0.257. The van der Waals surface area contributed by atoms with E-state index in [1.807, 2.05) is 43.3 Å². The highest BCUT2D eigenvalue weighted by Gasteiger charge is 2.34. The number of halogens is 3.